The molecular weight excluding hydrogens is 362 g/mol. The van der Waals surface area contributed by atoms with Crippen molar-refractivity contribution in [2.45, 2.75) is 11.8 Å². The van der Waals surface area contributed by atoms with Crippen molar-refractivity contribution in [3.8, 4) is 11.5 Å². The third-order valence-electron chi connectivity index (χ3n) is 3.23. The van der Waals surface area contributed by atoms with Crippen molar-refractivity contribution < 1.29 is 22.8 Å². The minimum atomic E-state index is -4.05. The predicted octanol–water partition coefficient (Wildman–Crippen LogP) is 2.31. The van der Waals surface area contributed by atoms with Gasteiger partial charge in [0.15, 0.2) is 11.5 Å². The number of benzene rings is 2. The number of ether oxygens (including phenoxy) is 2. The van der Waals surface area contributed by atoms with Crippen LogP contribution in [0.4, 0.5) is 5.69 Å². The third-order valence-corrected chi connectivity index (χ3v) is 4.45. The summed E-state index contributed by atoms with van der Waals surface area (Å²) in [5, 5.41) is 14.5. The molecule has 0 aliphatic rings. The van der Waals surface area contributed by atoms with Gasteiger partial charge in [0, 0.05) is 17.7 Å². The van der Waals surface area contributed by atoms with Gasteiger partial charge in [0.05, 0.1) is 29.8 Å². The van der Waals surface area contributed by atoms with Gasteiger partial charge in [-0.25, -0.2) is 4.83 Å². The first-order valence-electron chi connectivity index (χ1n) is 7.48. The minimum absolute atomic E-state index is 0.265. The lowest BCUT2D eigenvalue weighted by Gasteiger charge is -2.11. The summed E-state index contributed by atoms with van der Waals surface area (Å²) in [5.41, 5.74) is 0.170. The first-order valence-corrected chi connectivity index (χ1v) is 8.96. The smallest absolute Gasteiger partial charge is 0.276 e. The number of hydrogen-bond acceptors (Lipinski definition) is 7. The molecule has 0 atom stereocenters. The molecule has 0 aliphatic carbocycles. The topological polar surface area (TPSA) is 120 Å². The Morgan fingerprint density at radius 2 is 2.00 bits per heavy atom. The second-order valence-electron chi connectivity index (χ2n) is 4.92. The maximum atomic E-state index is 12.2. The maximum absolute atomic E-state index is 12.2. The van der Waals surface area contributed by atoms with E-state index >= 15 is 0 Å². The van der Waals surface area contributed by atoms with Gasteiger partial charge in [0.25, 0.3) is 15.7 Å². The van der Waals surface area contributed by atoms with Gasteiger partial charge in [-0.1, -0.05) is 12.1 Å². The average molecular weight is 379 g/mol. The van der Waals surface area contributed by atoms with Crippen molar-refractivity contribution in [2.75, 3.05) is 13.7 Å². The van der Waals surface area contributed by atoms with E-state index in [1.807, 2.05) is 11.8 Å². The Morgan fingerprint density at radius 1 is 1.27 bits per heavy atom. The quantitative estimate of drug-likeness (QED) is 0.427. The van der Waals surface area contributed by atoms with E-state index < -0.39 is 14.9 Å². The van der Waals surface area contributed by atoms with Crippen molar-refractivity contribution in [1.29, 1.82) is 0 Å². The van der Waals surface area contributed by atoms with E-state index in [-0.39, 0.29) is 10.6 Å². The van der Waals surface area contributed by atoms with E-state index in [4.69, 9.17) is 9.47 Å². The van der Waals surface area contributed by atoms with Crippen LogP contribution in [0.25, 0.3) is 0 Å². The molecule has 0 bridgehead atoms. The Labute approximate surface area is 150 Å². The summed E-state index contributed by atoms with van der Waals surface area (Å²) in [6.45, 7) is 2.27. The third kappa shape index (κ3) is 4.48. The molecule has 138 valence electrons. The number of rotatable bonds is 8. The van der Waals surface area contributed by atoms with Crippen molar-refractivity contribution in [3.05, 3.63) is 58.1 Å². The van der Waals surface area contributed by atoms with Crippen LogP contribution in [-0.2, 0) is 10.0 Å². The fourth-order valence-electron chi connectivity index (χ4n) is 2.10. The lowest BCUT2D eigenvalue weighted by Crippen LogP contribution is -2.18. The molecule has 0 heterocycles. The van der Waals surface area contributed by atoms with E-state index in [0.29, 0.717) is 23.7 Å². The van der Waals surface area contributed by atoms with E-state index in [1.165, 1.54) is 31.5 Å². The second kappa shape index (κ2) is 8.30. The summed E-state index contributed by atoms with van der Waals surface area (Å²) in [4.78, 5) is 11.8. The zero-order valence-corrected chi connectivity index (χ0v) is 14.9. The number of non-ortho nitro benzene ring substituents is 1. The molecule has 0 amide bonds. The van der Waals surface area contributed by atoms with Crippen molar-refractivity contribution >= 4 is 21.9 Å². The first kappa shape index (κ1) is 19.2. The van der Waals surface area contributed by atoms with Gasteiger partial charge in [-0.05, 0) is 25.1 Å². The number of nitro groups is 1. The maximum Gasteiger partial charge on any atom is 0.276 e. The van der Waals surface area contributed by atoms with Gasteiger partial charge in [0.1, 0.15) is 0 Å². The molecule has 10 heteroatoms. The van der Waals surface area contributed by atoms with Crippen LogP contribution in [0.2, 0.25) is 0 Å². The highest BCUT2D eigenvalue weighted by Crippen LogP contribution is 2.29. The number of nitrogens with zero attached hydrogens (tertiary/aromatic N) is 2. The Balaban J connectivity index is 2.23. The van der Waals surface area contributed by atoms with Gasteiger partial charge >= 0.3 is 0 Å². The highest BCUT2D eigenvalue weighted by atomic mass is 32.2. The van der Waals surface area contributed by atoms with Crippen LogP contribution in [0.5, 0.6) is 11.5 Å². The zero-order chi connectivity index (χ0) is 19.2. The Morgan fingerprint density at radius 3 is 2.65 bits per heavy atom. The largest absolute Gasteiger partial charge is 0.492 e. The van der Waals surface area contributed by atoms with Gasteiger partial charge in [0.2, 0.25) is 0 Å². The lowest BCUT2D eigenvalue weighted by molar-refractivity contribution is -0.385. The number of nitrogens with one attached hydrogen (secondary N) is 1. The van der Waals surface area contributed by atoms with Crippen LogP contribution in [0, 0.1) is 10.1 Å². The minimum Gasteiger partial charge on any atom is -0.492 e. The Bertz CT molecular complexity index is 927. The Kier molecular flexibility index (Phi) is 6.12. The normalized spacial score (nSPS) is 11.3. The summed E-state index contributed by atoms with van der Waals surface area (Å²) in [7, 11) is -2.59. The standard InChI is InChI=1S/C16H17N3O6S/c1-3-25-15-9-4-6-12(16(15)24-2)11-17-18-26(22,23)14-8-5-7-13(10-14)19(20)21/h4-11,18H,3H2,1-2H3/b17-11+. The summed E-state index contributed by atoms with van der Waals surface area (Å²) in [5.74, 6) is 0.910. The summed E-state index contributed by atoms with van der Waals surface area (Å²) in [6, 6.07) is 9.77. The summed E-state index contributed by atoms with van der Waals surface area (Å²) < 4.78 is 35.1. The highest BCUT2D eigenvalue weighted by molar-refractivity contribution is 7.89. The predicted molar refractivity (Wildman–Crippen MR) is 95.2 cm³/mol. The molecular formula is C16H17N3O6S. The van der Waals surface area contributed by atoms with Crippen LogP contribution >= 0.6 is 0 Å². The number of methoxy groups -OCH3 is 1. The van der Waals surface area contributed by atoms with Gasteiger partial charge in [-0.15, -0.1) is 0 Å². The number of sulfonamides is 1. The van der Waals surface area contributed by atoms with E-state index in [1.54, 1.807) is 18.2 Å². The molecule has 0 fully saturated rings. The highest BCUT2D eigenvalue weighted by Gasteiger charge is 2.17. The number of nitro benzene ring substituents is 1. The van der Waals surface area contributed by atoms with Crippen LogP contribution in [0.3, 0.4) is 0 Å². The van der Waals surface area contributed by atoms with Crippen molar-refractivity contribution in [3.63, 3.8) is 0 Å². The van der Waals surface area contributed by atoms with Gasteiger partial charge in [-0.3, -0.25) is 10.1 Å². The molecule has 2 aromatic carbocycles. The molecule has 0 radical (unpaired) electrons. The molecule has 0 unspecified atom stereocenters. The monoisotopic (exact) mass is 379 g/mol. The van der Waals surface area contributed by atoms with Crippen LogP contribution < -0.4 is 14.3 Å². The van der Waals surface area contributed by atoms with E-state index in [0.717, 1.165) is 6.07 Å². The number of hydrogen-bond donors (Lipinski definition) is 1. The molecule has 2 rings (SSSR count). The molecule has 9 nitrogen and oxygen atoms in total. The summed E-state index contributed by atoms with van der Waals surface area (Å²) in [6.07, 6.45) is 1.26. The SMILES string of the molecule is CCOc1cccc(/C=N/NS(=O)(=O)c2cccc([N+](=O)[O-])c2)c1OC. The molecule has 0 saturated heterocycles. The van der Waals surface area contributed by atoms with Crippen LogP contribution in [0.1, 0.15) is 12.5 Å². The average Bonchev–Trinajstić information content (AvgIpc) is 2.62. The number of para-hydroxylation sites is 1. The molecule has 0 saturated carbocycles. The zero-order valence-electron chi connectivity index (χ0n) is 14.1. The fraction of sp³-hybridized carbons (Fsp3) is 0.188. The molecule has 2 aromatic rings. The van der Waals surface area contributed by atoms with Crippen LogP contribution in [-0.4, -0.2) is 33.3 Å². The van der Waals surface area contributed by atoms with Crippen molar-refractivity contribution in [2.24, 2.45) is 5.10 Å². The van der Waals surface area contributed by atoms with E-state index in [2.05, 4.69) is 5.10 Å². The molecule has 0 aromatic heterocycles. The van der Waals surface area contributed by atoms with Gasteiger partial charge in [-0.2, -0.15) is 13.5 Å². The Hall–Kier alpha value is -3.14. The van der Waals surface area contributed by atoms with Crippen LogP contribution in [0.15, 0.2) is 52.5 Å². The molecule has 26 heavy (non-hydrogen) atoms. The molecule has 0 spiro atoms. The van der Waals surface area contributed by atoms with Crippen molar-refractivity contribution in [1.82, 2.24) is 4.83 Å². The number of hydrazone groups is 1. The molecule has 1 N–H and O–H groups in total. The molecule has 0 aliphatic heterocycles. The summed E-state index contributed by atoms with van der Waals surface area (Å²) >= 11 is 0. The van der Waals surface area contributed by atoms with Gasteiger partial charge < -0.3 is 9.47 Å². The van der Waals surface area contributed by atoms with E-state index in [9.17, 15) is 18.5 Å². The first-order chi connectivity index (χ1) is 12.4. The fourth-order valence-corrected chi connectivity index (χ4v) is 2.93. The lowest BCUT2D eigenvalue weighted by atomic mass is 10.2. The second-order valence-corrected chi connectivity index (χ2v) is 6.58.